The second kappa shape index (κ2) is 7.96. The van der Waals surface area contributed by atoms with E-state index < -0.39 is 21.8 Å². The van der Waals surface area contributed by atoms with Gasteiger partial charge >= 0.3 is 0 Å². The monoisotopic (exact) mass is 454 g/mol. The fraction of sp³-hybridized carbons (Fsp3) is 0.444. The highest BCUT2D eigenvalue weighted by Gasteiger charge is 2.39. The molecule has 1 aromatic rings. The molecule has 9 heteroatoms. The number of alkyl halides is 1. The van der Waals surface area contributed by atoms with Gasteiger partial charge in [0, 0.05) is 29.4 Å². The summed E-state index contributed by atoms with van der Waals surface area (Å²) in [4.78, 5) is 37.0. The summed E-state index contributed by atoms with van der Waals surface area (Å²) in [5.41, 5.74) is 1.16. The molecule has 144 valence electrons. The minimum Gasteiger partial charge on any atom is -0.346 e. The molecule has 1 unspecified atom stereocenters. The van der Waals surface area contributed by atoms with Crippen LogP contribution in [0, 0.1) is 0 Å². The predicted molar refractivity (Wildman–Crippen MR) is 102 cm³/mol. The Kier molecular flexibility index (Phi) is 5.83. The fourth-order valence-corrected chi connectivity index (χ4v) is 5.54. The summed E-state index contributed by atoms with van der Waals surface area (Å²) in [6, 6.07) is 4.11. The second-order valence-corrected chi connectivity index (χ2v) is 9.41. The number of carbonyl (C=O) groups excluding carboxylic acids is 3. The highest BCUT2D eigenvalue weighted by Crippen LogP contribution is 2.38. The van der Waals surface area contributed by atoms with E-state index in [2.05, 4.69) is 21.2 Å². The van der Waals surface area contributed by atoms with Gasteiger partial charge in [-0.1, -0.05) is 28.1 Å². The van der Waals surface area contributed by atoms with Crippen molar-refractivity contribution in [3.63, 3.8) is 0 Å². The number of amides is 2. The Morgan fingerprint density at radius 1 is 1.26 bits per heavy atom. The Balaban J connectivity index is 1.95. The highest BCUT2D eigenvalue weighted by atomic mass is 79.9. The van der Waals surface area contributed by atoms with Crippen molar-refractivity contribution in [2.75, 3.05) is 11.1 Å². The first-order valence-corrected chi connectivity index (χ1v) is 11.4. The number of sulfone groups is 1. The van der Waals surface area contributed by atoms with Gasteiger partial charge in [0.1, 0.15) is 11.7 Å². The van der Waals surface area contributed by atoms with Gasteiger partial charge in [0.15, 0.2) is 15.8 Å². The largest absolute Gasteiger partial charge is 0.346 e. The first kappa shape index (κ1) is 19.8. The van der Waals surface area contributed by atoms with Gasteiger partial charge in [-0.2, -0.15) is 0 Å². The van der Waals surface area contributed by atoms with E-state index in [-0.39, 0.29) is 41.6 Å². The molecule has 1 saturated heterocycles. The van der Waals surface area contributed by atoms with Gasteiger partial charge in [0.25, 0.3) is 0 Å². The lowest BCUT2D eigenvalue weighted by atomic mass is 10.0. The average Bonchev–Trinajstić information content (AvgIpc) is 2.99. The zero-order valence-corrected chi connectivity index (χ0v) is 16.9. The van der Waals surface area contributed by atoms with Gasteiger partial charge in [-0.3, -0.25) is 14.9 Å². The average molecular weight is 455 g/mol. The summed E-state index contributed by atoms with van der Waals surface area (Å²) in [6.45, 7) is 0.125. The third-order valence-corrected chi connectivity index (χ3v) is 7.26. The summed E-state index contributed by atoms with van der Waals surface area (Å²) in [6.07, 6.45) is 1.73. The van der Waals surface area contributed by atoms with Gasteiger partial charge in [-0.25, -0.2) is 13.2 Å². The molecule has 2 heterocycles. The third-order valence-electron chi connectivity index (χ3n) is 4.82. The molecule has 2 aliphatic heterocycles. The molecule has 0 aromatic heterocycles. The van der Waals surface area contributed by atoms with Crippen molar-refractivity contribution in [3.05, 3.63) is 29.3 Å². The molecule has 0 bridgehead atoms. The number of imide groups is 1. The van der Waals surface area contributed by atoms with Gasteiger partial charge in [-0.05, 0) is 25.3 Å². The van der Waals surface area contributed by atoms with Crippen LogP contribution in [0.1, 0.15) is 36.8 Å². The molecule has 0 aliphatic carbocycles. The number of nitrogens with one attached hydrogen (secondary N) is 1. The Bertz CT molecular complexity index is 937. The smallest absolute Gasteiger partial charge is 0.249 e. The minimum absolute atomic E-state index is 0.0214. The van der Waals surface area contributed by atoms with Crippen LogP contribution in [-0.4, -0.2) is 48.2 Å². The van der Waals surface area contributed by atoms with Gasteiger partial charge in [-0.15, -0.1) is 0 Å². The lowest BCUT2D eigenvalue weighted by Crippen LogP contribution is -2.50. The third kappa shape index (κ3) is 3.85. The highest BCUT2D eigenvalue weighted by molar-refractivity contribution is 9.09. The van der Waals surface area contributed by atoms with Crippen molar-refractivity contribution in [2.24, 2.45) is 0 Å². The van der Waals surface area contributed by atoms with Crippen LogP contribution in [0.15, 0.2) is 23.1 Å². The number of benzene rings is 1. The molecule has 0 saturated carbocycles. The molecule has 0 radical (unpaired) electrons. The lowest BCUT2D eigenvalue weighted by Gasteiger charge is -2.30. The van der Waals surface area contributed by atoms with Crippen molar-refractivity contribution in [1.29, 1.82) is 0 Å². The molecule has 27 heavy (non-hydrogen) atoms. The molecule has 7 nitrogen and oxygen atoms in total. The molecule has 1 atom stereocenters. The zero-order valence-electron chi connectivity index (χ0n) is 14.5. The number of piperidine rings is 1. The van der Waals surface area contributed by atoms with Crippen LogP contribution in [-0.2, 0) is 30.8 Å². The van der Waals surface area contributed by atoms with E-state index in [1.54, 1.807) is 23.1 Å². The Morgan fingerprint density at radius 2 is 2.04 bits per heavy atom. The van der Waals surface area contributed by atoms with Gasteiger partial charge in [0.05, 0.1) is 10.6 Å². The fourth-order valence-electron chi connectivity index (χ4n) is 3.50. The molecular weight excluding hydrogens is 436 g/mol. The first-order valence-electron chi connectivity index (χ1n) is 8.65. The number of hydrogen-bond donors (Lipinski definition) is 1. The second-order valence-electron chi connectivity index (χ2n) is 6.54. The molecule has 2 amide bonds. The number of halogens is 1. The maximum Gasteiger partial charge on any atom is 0.249 e. The standard InChI is InChI=1S/C18H19BrN2O5S/c19-8-1-2-9-27(25,26)16-5-3-4-12-13(16)10-21(15(12)11-22)14-6-7-17(23)20-18(14)24/h3-5,14H,1-2,6-10H2,(H,20,23,24). The molecule has 1 fully saturated rings. The molecule has 1 N–H and O–H groups in total. The maximum absolute atomic E-state index is 12.8. The molecular formula is C18H19BrN2O5S. The van der Waals surface area contributed by atoms with Crippen LogP contribution < -0.4 is 5.32 Å². The van der Waals surface area contributed by atoms with Gasteiger partial charge < -0.3 is 4.90 Å². The van der Waals surface area contributed by atoms with Crippen molar-refractivity contribution in [1.82, 2.24) is 10.2 Å². The first-order chi connectivity index (χ1) is 12.9. The number of unbranched alkanes of at least 4 members (excludes halogenated alkanes) is 1. The van der Waals surface area contributed by atoms with Crippen LogP contribution in [0.3, 0.4) is 0 Å². The quantitative estimate of drug-likeness (QED) is 0.302. The summed E-state index contributed by atoms with van der Waals surface area (Å²) >= 11 is 3.29. The predicted octanol–water partition coefficient (Wildman–Crippen LogP) is 1.43. The molecule has 0 spiro atoms. The zero-order chi connectivity index (χ0) is 19.6. The van der Waals surface area contributed by atoms with E-state index in [0.29, 0.717) is 17.5 Å². The number of carbonyl (C=O) groups is 2. The van der Waals surface area contributed by atoms with Crippen molar-refractivity contribution < 1.29 is 22.8 Å². The SMILES string of the molecule is O=C=C1c2cccc(S(=O)(=O)CCCCBr)c2CN1C1CCC(=O)NC1=O. The van der Waals surface area contributed by atoms with E-state index in [0.717, 1.165) is 11.8 Å². The molecule has 1 aromatic carbocycles. The number of rotatable bonds is 6. The van der Waals surface area contributed by atoms with E-state index in [4.69, 9.17) is 0 Å². The Morgan fingerprint density at radius 3 is 2.70 bits per heavy atom. The normalized spacial score (nSPS) is 19.7. The number of nitrogens with zero attached hydrogens (tertiary/aromatic N) is 1. The van der Waals surface area contributed by atoms with E-state index in [1.807, 2.05) is 5.94 Å². The minimum atomic E-state index is -3.51. The summed E-state index contributed by atoms with van der Waals surface area (Å²) in [5.74, 6) is 1.05. The summed E-state index contributed by atoms with van der Waals surface area (Å²) < 4.78 is 25.6. The van der Waals surface area contributed by atoms with Crippen molar-refractivity contribution in [3.8, 4) is 0 Å². The van der Waals surface area contributed by atoms with E-state index in [9.17, 15) is 22.8 Å². The summed E-state index contributed by atoms with van der Waals surface area (Å²) in [5, 5.41) is 3.00. The Labute approximate surface area is 165 Å². The molecule has 3 rings (SSSR count). The van der Waals surface area contributed by atoms with Crippen molar-refractivity contribution >= 4 is 49.2 Å². The van der Waals surface area contributed by atoms with E-state index in [1.165, 1.54) is 0 Å². The van der Waals surface area contributed by atoms with Gasteiger partial charge in [0.2, 0.25) is 11.8 Å². The lowest BCUT2D eigenvalue weighted by molar-refractivity contribution is -0.136. The Hall–Kier alpha value is -1.96. The van der Waals surface area contributed by atoms with Crippen molar-refractivity contribution in [2.45, 2.75) is 43.2 Å². The van der Waals surface area contributed by atoms with Crippen LogP contribution in [0.25, 0.3) is 5.70 Å². The number of fused-ring (bicyclic) bond motifs is 1. The number of hydrogen-bond acceptors (Lipinski definition) is 6. The summed E-state index contributed by atoms with van der Waals surface area (Å²) in [7, 11) is -3.51. The molecule has 2 aliphatic rings. The van der Waals surface area contributed by atoms with Crippen LogP contribution >= 0.6 is 15.9 Å². The van der Waals surface area contributed by atoms with Crippen LogP contribution in [0.4, 0.5) is 0 Å². The topological polar surface area (TPSA) is 101 Å². The van der Waals surface area contributed by atoms with Crippen LogP contribution in [0.5, 0.6) is 0 Å². The maximum atomic E-state index is 12.8. The van der Waals surface area contributed by atoms with E-state index >= 15 is 0 Å². The van der Waals surface area contributed by atoms with Crippen LogP contribution in [0.2, 0.25) is 0 Å².